The Kier molecular flexibility index (Phi) is 5.76. The fourth-order valence-corrected chi connectivity index (χ4v) is 1.80. The van der Waals surface area contributed by atoms with Crippen LogP contribution in [0.4, 0.5) is 0 Å². The summed E-state index contributed by atoms with van der Waals surface area (Å²) < 4.78 is 5.59. The number of carboxylic acid groups (broad SMARTS) is 1. The Labute approximate surface area is 113 Å². The lowest BCUT2D eigenvalue weighted by Crippen LogP contribution is -2.28. The molecule has 1 rings (SSSR count). The van der Waals surface area contributed by atoms with Gasteiger partial charge in [0.15, 0.2) is 6.10 Å². The number of pyridine rings is 1. The van der Waals surface area contributed by atoms with Crippen molar-refractivity contribution in [2.75, 3.05) is 0 Å². The summed E-state index contributed by atoms with van der Waals surface area (Å²) in [6.07, 6.45) is 0.955. The van der Waals surface area contributed by atoms with Crippen molar-refractivity contribution in [1.29, 1.82) is 0 Å². The molecule has 1 aromatic heterocycles. The van der Waals surface area contributed by atoms with E-state index in [4.69, 9.17) is 15.6 Å². The molecule has 106 valence electrons. The van der Waals surface area contributed by atoms with Crippen molar-refractivity contribution in [1.82, 2.24) is 4.98 Å². The zero-order valence-corrected chi connectivity index (χ0v) is 11.7. The van der Waals surface area contributed by atoms with E-state index in [0.29, 0.717) is 18.6 Å². The maximum absolute atomic E-state index is 11.1. The van der Waals surface area contributed by atoms with Crippen molar-refractivity contribution in [3.05, 3.63) is 23.5 Å². The second kappa shape index (κ2) is 7.09. The summed E-state index contributed by atoms with van der Waals surface area (Å²) in [5.41, 5.74) is 7.37. The number of carboxylic acids is 1. The van der Waals surface area contributed by atoms with Gasteiger partial charge in [0.1, 0.15) is 5.75 Å². The molecule has 0 radical (unpaired) electrons. The van der Waals surface area contributed by atoms with E-state index in [9.17, 15) is 4.79 Å². The van der Waals surface area contributed by atoms with Gasteiger partial charge in [-0.1, -0.05) is 13.3 Å². The highest BCUT2D eigenvalue weighted by molar-refractivity contribution is 5.72. The van der Waals surface area contributed by atoms with Crippen LogP contribution in [0.3, 0.4) is 0 Å². The lowest BCUT2D eigenvalue weighted by atomic mass is 10.1. The molecule has 0 bridgehead atoms. The molecule has 3 N–H and O–H groups in total. The van der Waals surface area contributed by atoms with Crippen LogP contribution < -0.4 is 10.5 Å². The SMILES string of the molecule is CCCC(Oc1ccc(C)nc1CC(C)N)C(=O)O. The zero-order valence-electron chi connectivity index (χ0n) is 11.7. The van der Waals surface area contributed by atoms with Crippen LogP contribution in [0.25, 0.3) is 0 Å². The number of hydrogen-bond donors (Lipinski definition) is 2. The highest BCUT2D eigenvalue weighted by Crippen LogP contribution is 2.21. The highest BCUT2D eigenvalue weighted by Gasteiger charge is 2.20. The molecular weight excluding hydrogens is 244 g/mol. The standard InChI is InChI=1S/C14H22N2O3/c1-4-5-13(14(17)18)19-12-7-6-10(3)16-11(12)8-9(2)15/h6-7,9,13H,4-5,8,15H2,1-3H3,(H,17,18). The average molecular weight is 266 g/mol. The van der Waals surface area contributed by atoms with Gasteiger partial charge in [0.25, 0.3) is 0 Å². The van der Waals surface area contributed by atoms with E-state index >= 15 is 0 Å². The largest absolute Gasteiger partial charge is 0.479 e. The first-order valence-corrected chi connectivity index (χ1v) is 6.55. The average Bonchev–Trinajstić information content (AvgIpc) is 2.30. The Balaban J connectivity index is 2.94. The van der Waals surface area contributed by atoms with Crippen molar-refractivity contribution in [3.8, 4) is 5.75 Å². The summed E-state index contributed by atoms with van der Waals surface area (Å²) in [7, 11) is 0. The lowest BCUT2D eigenvalue weighted by Gasteiger charge is -2.17. The molecule has 1 aromatic rings. The van der Waals surface area contributed by atoms with Gasteiger partial charge >= 0.3 is 5.97 Å². The molecule has 0 fully saturated rings. The molecule has 5 nitrogen and oxygen atoms in total. The number of aromatic nitrogens is 1. The molecular formula is C14H22N2O3. The fraction of sp³-hybridized carbons (Fsp3) is 0.571. The molecule has 0 spiro atoms. The Morgan fingerprint density at radius 2 is 2.21 bits per heavy atom. The van der Waals surface area contributed by atoms with Crippen molar-refractivity contribution in [2.24, 2.45) is 5.73 Å². The van der Waals surface area contributed by atoms with Gasteiger partial charge in [-0.05, 0) is 32.4 Å². The summed E-state index contributed by atoms with van der Waals surface area (Å²) in [4.78, 5) is 15.5. The summed E-state index contributed by atoms with van der Waals surface area (Å²) in [5.74, 6) is -0.432. The van der Waals surface area contributed by atoms with Crippen LogP contribution in [0.15, 0.2) is 12.1 Å². The van der Waals surface area contributed by atoms with Crippen LogP contribution >= 0.6 is 0 Å². The van der Waals surface area contributed by atoms with E-state index in [1.165, 1.54) is 0 Å². The van der Waals surface area contributed by atoms with E-state index < -0.39 is 12.1 Å². The minimum atomic E-state index is -0.950. The Hall–Kier alpha value is -1.62. The van der Waals surface area contributed by atoms with Crippen molar-refractivity contribution in [2.45, 2.75) is 52.2 Å². The summed E-state index contributed by atoms with van der Waals surface area (Å²) in [6, 6.07) is 3.53. The molecule has 0 aliphatic rings. The van der Waals surface area contributed by atoms with Crippen LogP contribution in [0.2, 0.25) is 0 Å². The third-order valence-corrected chi connectivity index (χ3v) is 2.68. The smallest absolute Gasteiger partial charge is 0.344 e. The Morgan fingerprint density at radius 1 is 1.53 bits per heavy atom. The molecule has 0 saturated heterocycles. The van der Waals surface area contributed by atoms with Crippen molar-refractivity contribution < 1.29 is 14.6 Å². The minimum Gasteiger partial charge on any atom is -0.479 e. The van der Waals surface area contributed by atoms with Gasteiger partial charge in [-0.15, -0.1) is 0 Å². The highest BCUT2D eigenvalue weighted by atomic mass is 16.5. The third-order valence-electron chi connectivity index (χ3n) is 2.68. The minimum absolute atomic E-state index is 0.0499. The van der Waals surface area contributed by atoms with Gasteiger partial charge in [-0.3, -0.25) is 4.98 Å². The molecule has 1 heterocycles. The van der Waals surface area contributed by atoms with Crippen LogP contribution in [0, 0.1) is 6.92 Å². The predicted molar refractivity (Wildman–Crippen MR) is 73.3 cm³/mol. The number of nitrogens with two attached hydrogens (primary N) is 1. The Bertz CT molecular complexity index is 433. The summed E-state index contributed by atoms with van der Waals surface area (Å²) in [6.45, 7) is 5.69. The number of ether oxygens (including phenoxy) is 1. The fourth-order valence-electron chi connectivity index (χ4n) is 1.80. The number of rotatable bonds is 7. The first kappa shape index (κ1) is 15.4. The molecule has 0 aliphatic heterocycles. The van der Waals surface area contributed by atoms with Crippen LogP contribution in [-0.2, 0) is 11.2 Å². The van der Waals surface area contributed by atoms with Gasteiger partial charge in [0.2, 0.25) is 0 Å². The molecule has 0 aliphatic carbocycles. The maximum atomic E-state index is 11.1. The van der Waals surface area contributed by atoms with E-state index in [2.05, 4.69) is 4.98 Å². The number of aliphatic carboxylic acids is 1. The number of nitrogens with zero attached hydrogens (tertiary/aromatic N) is 1. The first-order valence-electron chi connectivity index (χ1n) is 6.55. The maximum Gasteiger partial charge on any atom is 0.344 e. The second-order valence-electron chi connectivity index (χ2n) is 4.81. The van der Waals surface area contributed by atoms with E-state index in [0.717, 1.165) is 17.8 Å². The molecule has 19 heavy (non-hydrogen) atoms. The molecule has 5 heteroatoms. The first-order chi connectivity index (χ1) is 8.93. The third kappa shape index (κ3) is 4.87. The number of aryl methyl sites for hydroxylation is 1. The van der Waals surface area contributed by atoms with Gasteiger partial charge in [0.05, 0.1) is 5.69 Å². The molecule has 0 aromatic carbocycles. The van der Waals surface area contributed by atoms with E-state index in [1.807, 2.05) is 26.8 Å². The van der Waals surface area contributed by atoms with E-state index in [1.54, 1.807) is 6.07 Å². The molecule has 2 atom stereocenters. The van der Waals surface area contributed by atoms with Crippen LogP contribution in [0.5, 0.6) is 5.75 Å². The van der Waals surface area contributed by atoms with E-state index in [-0.39, 0.29) is 6.04 Å². The topological polar surface area (TPSA) is 85.4 Å². The second-order valence-corrected chi connectivity index (χ2v) is 4.81. The molecule has 0 saturated carbocycles. The van der Waals surface area contributed by atoms with Crippen LogP contribution in [-0.4, -0.2) is 28.2 Å². The summed E-state index contributed by atoms with van der Waals surface area (Å²) >= 11 is 0. The monoisotopic (exact) mass is 266 g/mol. The number of carbonyl (C=O) groups is 1. The normalized spacial score (nSPS) is 13.9. The van der Waals surface area contributed by atoms with Gasteiger partial charge in [-0.2, -0.15) is 0 Å². The lowest BCUT2D eigenvalue weighted by molar-refractivity contribution is -0.145. The summed E-state index contributed by atoms with van der Waals surface area (Å²) in [5, 5.41) is 9.12. The van der Waals surface area contributed by atoms with Gasteiger partial charge in [-0.25, -0.2) is 4.79 Å². The van der Waals surface area contributed by atoms with Crippen molar-refractivity contribution >= 4 is 5.97 Å². The van der Waals surface area contributed by atoms with Gasteiger partial charge in [0, 0.05) is 18.2 Å². The van der Waals surface area contributed by atoms with Crippen molar-refractivity contribution in [3.63, 3.8) is 0 Å². The predicted octanol–water partition coefficient (Wildman–Crippen LogP) is 1.91. The molecule has 2 unspecified atom stereocenters. The zero-order chi connectivity index (χ0) is 14.4. The van der Waals surface area contributed by atoms with Crippen LogP contribution in [0.1, 0.15) is 38.1 Å². The number of hydrogen-bond acceptors (Lipinski definition) is 4. The quantitative estimate of drug-likeness (QED) is 0.787. The van der Waals surface area contributed by atoms with Gasteiger partial charge < -0.3 is 15.6 Å². The Morgan fingerprint density at radius 3 is 2.74 bits per heavy atom. The molecule has 0 amide bonds.